The first-order chi connectivity index (χ1) is 12.2. The van der Waals surface area contributed by atoms with Gasteiger partial charge in [-0.25, -0.2) is 4.39 Å². The van der Waals surface area contributed by atoms with E-state index in [1.54, 1.807) is 18.5 Å². The number of hydrogen-bond donors (Lipinski definition) is 0. The summed E-state index contributed by atoms with van der Waals surface area (Å²) in [6.07, 6.45) is 5.63. The summed E-state index contributed by atoms with van der Waals surface area (Å²) < 4.78 is 19.6. The van der Waals surface area contributed by atoms with Crippen molar-refractivity contribution in [2.45, 2.75) is 38.4 Å². The average Bonchev–Trinajstić information content (AvgIpc) is 3.38. The molecule has 1 aromatic carbocycles. The van der Waals surface area contributed by atoms with Crippen molar-refractivity contribution in [3.63, 3.8) is 0 Å². The summed E-state index contributed by atoms with van der Waals surface area (Å²) in [5, 5.41) is 4.04. The number of halogens is 1. The summed E-state index contributed by atoms with van der Waals surface area (Å²) >= 11 is 0. The lowest BCUT2D eigenvalue weighted by Gasteiger charge is -2.28. The van der Waals surface area contributed by atoms with Gasteiger partial charge < -0.3 is 4.52 Å². The van der Waals surface area contributed by atoms with Crippen molar-refractivity contribution in [2.24, 2.45) is 0 Å². The summed E-state index contributed by atoms with van der Waals surface area (Å²) in [7, 11) is 0. The predicted octanol–water partition coefficient (Wildman–Crippen LogP) is 4.00. The van der Waals surface area contributed by atoms with E-state index < -0.39 is 0 Å². The Kier molecular flexibility index (Phi) is 4.28. The van der Waals surface area contributed by atoms with E-state index in [9.17, 15) is 4.39 Å². The van der Waals surface area contributed by atoms with Gasteiger partial charge in [0, 0.05) is 35.6 Å². The fourth-order valence-electron chi connectivity index (χ4n) is 3.07. The van der Waals surface area contributed by atoms with Crippen LogP contribution in [0.4, 0.5) is 4.39 Å². The molecule has 0 saturated heterocycles. The summed E-state index contributed by atoms with van der Waals surface area (Å²) in [5.74, 6) is 0.883. The predicted molar refractivity (Wildman–Crippen MR) is 90.9 cm³/mol. The van der Waals surface area contributed by atoms with E-state index in [2.05, 4.69) is 20.0 Å². The van der Waals surface area contributed by atoms with Crippen LogP contribution >= 0.6 is 0 Å². The fraction of sp³-hybridized carbons (Fsp3) is 0.316. The maximum absolute atomic E-state index is 14.2. The highest BCUT2D eigenvalue weighted by Gasteiger charge is 2.34. The van der Waals surface area contributed by atoms with Gasteiger partial charge in [0.25, 0.3) is 0 Å². The summed E-state index contributed by atoms with van der Waals surface area (Å²) in [5.41, 5.74) is 1.51. The van der Waals surface area contributed by atoms with Crippen molar-refractivity contribution >= 4 is 0 Å². The Morgan fingerprint density at radius 1 is 1.24 bits per heavy atom. The molecule has 0 amide bonds. The van der Waals surface area contributed by atoms with Crippen LogP contribution in [0.15, 0.2) is 53.3 Å². The molecule has 1 atom stereocenters. The molecule has 0 radical (unpaired) electrons. The summed E-state index contributed by atoms with van der Waals surface area (Å²) in [6, 6.07) is 11.0. The minimum Gasteiger partial charge on any atom is -0.338 e. The Bertz CT molecular complexity index is 847. The molecule has 0 unspecified atom stereocenters. The Labute approximate surface area is 145 Å². The van der Waals surface area contributed by atoms with Gasteiger partial charge in [0.15, 0.2) is 0 Å². The van der Waals surface area contributed by atoms with Crippen molar-refractivity contribution in [1.82, 2.24) is 20.0 Å². The maximum Gasteiger partial charge on any atom is 0.241 e. The van der Waals surface area contributed by atoms with E-state index in [4.69, 9.17) is 4.52 Å². The first-order valence-electron chi connectivity index (χ1n) is 8.45. The average molecular weight is 338 g/mol. The molecule has 0 N–H and O–H groups in total. The van der Waals surface area contributed by atoms with Gasteiger partial charge in [0.2, 0.25) is 11.7 Å². The standard InChI is InChI=1S/C19H19FN4O/c1-13(16-6-2-3-7-17(16)20)24(15-8-9-15)12-18-22-19(23-25-18)14-5-4-10-21-11-14/h2-7,10-11,13,15H,8-9,12H2,1H3/t13-/m1/s1. The molecule has 1 aliphatic carbocycles. The van der Waals surface area contributed by atoms with Crippen LogP contribution in [-0.4, -0.2) is 26.1 Å². The van der Waals surface area contributed by atoms with Gasteiger partial charge >= 0.3 is 0 Å². The van der Waals surface area contributed by atoms with Crippen molar-refractivity contribution in [1.29, 1.82) is 0 Å². The van der Waals surface area contributed by atoms with Crippen LogP contribution < -0.4 is 0 Å². The van der Waals surface area contributed by atoms with Crippen LogP contribution in [0.25, 0.3) is 11.4 Å². The number of nitrogens with zero attached hydrogens (tertiary/aromatic N) is 4. The third-order valence-corrected chi connectivity index (χ3v) is 4.57. The maximum atomic E-state index is 14.2. The van der Waals surface area contributed by atoms with Crippen LogP contribution in [-0.2, 0) is 6.54 Å². The first-order valence-corrected chi connectivity index (χ1v) is 8.45. The number of aromatic nitrogens is 3. The van der Waals surface area contributed by atoms with Gasteiger partial charge in [-0.15, -0.1) is 0 Å². The molecule has 0 bridgehead atoms. The van der Waals surface area contributed by atoms with E-state index >= 15 is 0 Å². The number of benzene rings is 1. The second kappa shape index (κ2) is 6.72. The highest BCUT2D eigenvalue weighted by molar-refractivity contribution is 5.51. The summed E-state index contributed by atoms with van der Waals surface area (Å²) in [6.45, 7) is 2.53. The molecule has 1 saturated carbocycles. The van der Waals surface area contributed by atoms with Crippen LogP contribution in [0.1, 0.15) is 37.3 Å². The van der Waals surface area contributed by atoms with Crippen LogP contribution in [0.3, 0.4) is 0 Å². The minimum absolute atomic E-state index is 0.0533. The normalized spacial score (nSPS) is 15.5. The zero-order valence-electron chi connectivity index (χ0n) is 14.0. The molecule has 3 aromatic rings. The second-order valence-corrected chi connectivity index (χ2v) is 6.35. The Morgan fingerprint density at radius 2 is 2.08 bits per heavy atom. The van der Waals surface area contributed by atoms with Crippen LogP contribution in [0, 0.1) is 5.82 Å². The molecule has 25 heavy (non-hydrogen) atoms. The highest BCUT2D eigenvalue weighted by atomic mass is 19.1. The van der Waals surface area contributed by atoms with E-state index in [0.717, 1.165) is 18.4 Å². The lowest BCUT2D eigenvalue weighted by molar-refractivity contribution is 0.163. The Morgan fingerprint density at radius 3 is 2.80 bits per heavy atom. The highest BCUT2D eigenvalue weighted by Crippen LogP contribution is 2.36. The number of hydrogen-bond acceptors (Lipinski definition) is 5. The van der Waals surface area contributed by atoms with Crippen molar-refractivity contribution in [3.8, 4) is 11.4 Å². The second-order valence-electron chi connectivity index (χ2n) is 6.35. The van der Waals surface area contributed by atoms with Crippen molar-refractivity contribution < 1.29 is 8.91 Å². The van der Waals surface area contributed by atoms with Gasteiger partial charge in [-0.1, -0.05) is 23.4 Å². The topological polar surface area (TPSA) is 55.1 Å². The van der Waals surface area contributed by atoms with Crippen molar-refractivity contribution in [2.75, 3.05) is 0 Å². The molecule has 0 spiro atoms. The molecule has 1 fully saturated rings. The first kappa shape index (κ1) is 15.9. The zero-order valence-corrected chi connectivity index (χ0v) is 14.0. The largest absolute Gasteiger partial charge is 0.338 e. The third kappa shape index (κ3) is 3.44. The molecular formula is C19H19FN4O. The fourth-order valence-corrected chi connectivity index (χ4v) is 3.07. The quantitative estimate of drug-likeness (QED) is 0.680. The zero-order chi connectivity index (χ0) is 17.2. The number of rotatable bonds is 6. The molecule has 1 aliphatic rings. The van der Waals surface area contributed by atoms with E-state index in [1.807, 2.05) is 31.2 Å². The van der Waals surface area contributed by atoms with Gasteiger partial charge in [0.1, 0.15) is 5.82 Å². The number of pyridine rings is 1. The lowest BCUT2D eigenvalue weighted by atomic mass is 10.1. The minimum atomic E-state index is -0.178. The van der Waals surface area contributed by atoms with Gasteiger partial charge in [-0.3, -0.25) is 9.88 Å². The molecule has 0 aliphatic heterocycles. The Balaban J connectivity index is 1.55. The van der Waals surface area contributed by atoms with E-state index in [1.165, 1.54) is 6.07 Å². The van der Waals surface area contributed by atoms with E-state index in [0.29, 0.717) is 29.9 Å². The molecule has 2 heterocycles. The van der Waals surface area contributed by atoms with Crippen LogP contribution in [0.5, 0.6) is 0 Å². The summed E-state index contributed by atoms with van der Waals surface area (Å²) in [4.78, 5) is 10.8. The van der Waals surface area contributed by atoms with E-state index in [-0.39, 0.29) is 11.9 Å². The molecule has 5 nitrogen and oxygen atoms in total. The molecule has 2 aromatic heterocycles. The molecule has 128 valence electrons. The Hall–Kier alpha value is -2.60. The monoisotopic (exact) mass is 338 g/mol. The van der Waals surface area contributed by atoms with Crippen LogP contribution in [0.2, 0.25) is 0 Å². The molecule has 4 rings (SSSR count). The SMILES string of the molecule is C[C@H](c1ccccc1F)N(Cc1nc(-c2cccnc2)no1)C1CC1. The van der Waals surface area contributed by atoms with Gasteiger partial charge in [-0.05, 0) is 38.0 Å². The van der Waals surface area contributed by atoms with Gasteiger partial charge in [0.05, 0.1) is 6.54 Å². The molecule has 6 heteroatoms. The van der Waals surface area contributed by atoms with Gasteiger partial charge in [-0.2, -0.15) is 4.98 Å². The molecular weight excluding hydrogens is 319 g/mol. The van der Waals surface area contributed by atoms with Crippen molar-refractivity contribution in [3.05, 3.63) is 66.1 Å². The third-order valence-electron chi connectivity index (χ3n) is 4.57. The smallest absolute Gasteiger partial charge is 0.241 e. The lowest BCUT2D eigenvalue weighted by Crippen LogP contribution is -2.29.